The molecule has 0 spiro atoms. The van der Waals surface area contributed by atoms with Crippen molar-refractivity contribution in [3.8, 4) is 11.8 Å². The second-order valence-electron chi connectivity index (χ2n) is 5.26. The number of carbonyl (C=O) groups is 1. The van der Waals surface area contributed by atoms with Crippen LogP contribution < -0.4 is 10.5 Å². The summed E-state index contributed by atoms with van der Waals surface area (Å²) >= 11 is 0. The molecule has 0 bridgehead atoms. The van der Waals surface area contributed by atoms with Crippen molar-refractivity contribution in [2.24, 2.45) is 5.73 Å². The molecule has 1 atom stereocenters. The first-order valence-electron chi connectivity index (χ1n) is 6.91. The van der Waals surface area contributed by atoms with Crippen LogP contribution in [0.2, 0.25) is 0 Å². The summed E-state index contributed by atoms with van der Waals surface area (Å²) in [7, 11) is 0. The van der Waals surface area contributed by atoms with Gasteiger partial charge in [0.25, 0.3) is 5.91 Å². The van der Waals surface area contributed by atoms with E-state index in [0.717, 1.165) is 13.0 Å². The monoisotopic (exact) mass is 289 g/mol. The van der Waals surface area contributed by atoms with E-state index < -0.39 is 11.5 Å². The average Bonchev–Trinajstić information content (AvgIpc) is 2.47. The lowest BCUT2D eigenvalue weighted by molar-refractivity contribution is -0.142. The van der Waals surface area contributed by atoms with Gasteiger partial charge < -0.3 is 15.6 Å². The van der Waals surface area contributed by atoms with E-state index in [1.54, 1.807) is 24.3 Å². The zero-order valence-electron chi connectivity index (χ0n) is 11.8. The van der Waals surface area contributed by atoms with Crippen molar-refractivity contribution in [1.82, 2.24) is 4.90 Å². The Hall–Kier alpha value is -2.10. The predicted octanol–water partition coefficient (Wildman–Crippen LogP) is 0.249. The molecule has 0 aromatic heterocycles. The van der Waals surface area contributed by atoms with Crippen molar-refractivity contribution in [1.29, 1.82) is 5.26 Å². The molecular formula is C15H19N3O3. The van der Waals surface area contributed by atoms with Gasteiger partial charge in [-0.2, -0.15) is 5.26 Å². The first-order chi connectivity index (χ1) is 10.0. The number of ether oxygens (including phenoxy) is 1. The maximum Gasteiger partial charge on any atom is 0.250 e. The quantitative estimate of drug-likeness (QED) is 0.809. The second-order valence-corrected chi connectivity index (χ2v) is 5.26. The lowest BCUT2D eigenvalue weighted by Crippen LogP contribution is -2.56. The molecule has 1 heterocycles. The normalized spacial score (nSPS) is 22.5. The van der Waals surface area contributed by atoms with E-state index in [1.165, 1.54) is 0 Å². The number of hydrogen-bond donors (Lipinski definition) is 2. The van der Waals surface area contributed by atoms with Gasteiger partial charge in [0.2, 0.25) is 0 Å². The molecule has 1 aromatic rings. The molecule has 2 rings (SSSR count). The number of rotatable bonds is 5. The number of nitrogens with zero attached hydrogens (tertiary/aromatic N) is 2. The fourth-order valence-corrected chi connectivity index (χ4v) is 2.46. The molecule has 21 heavy (non-hydrogen) atoms. The third-order valence-corrected chi connectivity index (χ3v) is 3.65. The SMILES string of the molecule is N#Cc1cccc(OCCN2CCCC(O)(C(N)=O)C2)c1. The molecule has 6 nitrogen and oxygen atoms in total. The Morgan fingerprint density at radius 3 is 3.10 bits per heavy atom. The highest BCUT2D eigenvalue weighted by Crippen LogP contribution is 2.20. The summed E-state index contributed by atoms with van der Waals surface area (Å²) in [6, 6.07) is 9.00. The molecule has 0 saturated carbocycles. The van der Waals surface area contributed by atoms with Crippen LogP contribution >= 0.6 is 0 Å². The van der Waals surface area contributed by atoms with Gasteiger partial charge in [-0.15, -0.1) is 0 Å². The number of nitriles is 1. The summed E-state index contributed by atoms with van der Waals surface area (Å²) in [5, 5.41) is 18.9. The summed E-state index contributed by atoms with van der Waals surface area (Å²) in [4.78, 5) is 13.2. The Labute approximate surface area is 123 Å². The van der Waals surface area contributed by atoms with Gasteiger partial charge in [-0.25, -0.2) is 0 Å². The van der Waals surface area contributed by atoms with Crippen LogP contribution in [0, 0.1) is 11.3 Å². The van der Waals surface area contributed by atoms with Gasteiger partial charge in [-0.05, 0) is 37.6 Å². The first-order valence-corrected chi connectivity index (χ1v) is 6.91. The maximum atomic E-state index is 11.3. The highest BCUT2D eigenvalue weighted by atomic mass is 16.5. The summed E-state index contributed by atoms with van der Waals surface area (Å²) in [5.41, 5.74) is 4.36. The fraction of sp³-hybridized carbons (Fsp3) is 0.467. The number of carbonyl (C=O) groups excluding carboxylic acids is 1. The van der Waals surface area contributed by atoms with Crippen LogP contribution in [0.3, 0.4) is 0 Å². The maximum absolute atomic E-state index is 11.3. The van der Waals surface area contributed by atoms with Crippen LogP contribution in [0.5, 0.6) is 5.75 Å². The minimum atomic E-state index is -1.43. The molecule has 112 valence electrons. The number of piperidine rings is 1. The van der Waals surface area contributed by atoms with Crippen molar-refractivity contribution >= 4 is 5.91 Å². The fourth-order valence-electron chi connectivity index (χ4n) is 2.46. The number of nitrogens with two attached hydrogens (primary N) is 1. The summed E-state index contributed by atoms with van der Waals surface area (Å²) in [6.07, 6.45) is 1.13. The number of hydrogen-bond acceptors (Lipinski definition) is 5. The standard InChI is InChI=1S/C15H19N3O3/c16-10-12-3-1-4-13(9-12)21-8-7-18-6-2-5-15(20,11-18)14(17)19/h1,3-4,9,20H,2,5-8,11H2,(H2,17,19). The number of aliphatic hydroxyl groups is 1. The summed E-state index contributed by atoms with van der Waals surface area (Å²) in [6.45, 7) is 2.05. The van der Waals surface area contributed by atoms with Crippen LogP contribution in [0.15, 0.2) is 24.3 Å². The van der Waals surface area contributed by atoms with Gasteiger partial charge in [0.1, 0.15) is 12.4 Å². The largest absolute Gasteiger partial charge is 0.492 e. The number of likely N-dealkylation sites (tertiary alicyclic amines) is 1. The Morgan fingerprint density at radius 1 is 1.57 bits per heavy atom. The Balaban J connectivity index is 1.83. The number of β-amino-alcohol motifs (C(OH)–C–C–N with tert-alkyl or cyclic N) is 1. The van der Waals surface area contributed by atoms with Crippen LogP contribution in [0.4, 0.5) is 0 Å². The third-order valence-electron chi connectivity index (χ3n) is 3.65. The molecule has 1 saturated heterocycles. The Morgan fingerprint density at radius 2 is 2.38 bits per heavy atom. The van der Waals surface area contributed by atoms with Crippen molar-refractivity contribution in [2.75, 3.05) is 26.2 Å². The van der Waals surface area contributed by atoms with Crippen LogP contribution in [-0.2, 0) is 4.79 Å². The van der Waals surface area contributed by atoms with Gasteiger partial charge in [0, 0.05) is 13.1 Å². The van der Waals surface area contributed by atoms with E-state index in [9.17, 15) is 9.90 Å². The van der Waals surface area contributed by atoms with E-state index >= 15 is 0 Å². The molecule has 1 unspecified atom stereocenters. The highest BCUT2D eigenvalue weighted by molar-refractivity contribution is 5.83. The molecule has 0 aliphatic carbocycles. The average molecular weight is 289 g/mol. The Kier molecular flexibility index (Phi) is 4.78. The van der Waals surface area contributed by atoms with Crippen molar-refractivity contribution < 1.29 is 14.6 Å². The molecule has 1 amide bonds. The Bertz CT molecular complexity index is 555. The summed E-state index contributed by atoms with van der Waals surface area (Å²) < 4.78 is 5.59. The number of primary amides is 1. The molecule has 1 aliphatic heterocycles. The van der Waals surface area contributed by atoms with Gasteiger partial charge in [0.15, 0.2) is 5.60 Å². The molecule has 3 N–H and O–H groups in total. The van der Waals surface area contributed by atoms with Crippen molar-refractivity contribution in [2.45, 2.75) is 18.4 Å². The number of benzene rings is 1. The highest BCUT2D eigenvalue weighted by Gasteiger charge is 2.38. The molecular weight excluding hydrogens is 270 g/mol. The molecule has 0 radical (unpaired) electrons. The zero-order chi connectivity index (χ0) is 15.3. The lowest BCUT2D eigenvalue weighted by atomic mass is 9.92. The van der Waals surface area contributed by atoms with E-state index in [-0.39, 0.29) is 6.54 Å². The molecule has 1 fully saturated rings. The summed E-state index contributed by atoms with van der Waals surface area (Å²) in [5.74, 6) is -0.0361. The van der Waals surface area contributed by atoms with Crippen molar-refractivity contribution in [3.05, 3.63) is 29.8 Å². The van der Waals surface area contributed by atoms with Gasteiger partial charge >= 0.3 is 0 Å². The van der Waals surface area contributed by atoms with Crippen LogP contribution in [0.1, 0.15) is 18.4 Å². The van der Waals surface area contributed by atoms with E-state index in [0.29, 0.717) is 30.9 Å². The smallest absolute Gasteiger partial charge is 0.250 e. The second kappa shape index (κ2) is 6.57. The zero-order valence-corrected chi connectivity index (χ0v) is 11.8. The lowest BCUT2D eigenvalue weighted by Gasteiger charge is -2.36. The van der Waals surface area contributed by atoms with Gasteiger partial charge in [-0.3, -0.25) is 9.69 Å². The van der Waals surface area contributed by atoms with Gasteiger partial charge in [0.05, 0.1) is 11.6 Å². The minimum Gasteiger partial charge on any atom is -0.492 e. The van der Waals surface area contributed by atoms with E-state index in [2.05, 4.69) is 6.07 Å². The predicted molar refractivity (Wildman–Crippen MR) is 76.5 cm³/mol. The molecule has 1 aliphatic rings. The van der Waals surface area contributed by atoms with Gasteiger partial charge in [-0.1, -0.05) is 6.07 Å². The minimum absolute atomic E-state index is 0.240. The van der Waals surface area contributed by atoms with E-state index in [4.69, 9.17) is 15.7 Å². The third kappa shape index (κ3) is 3.94. The number of amides is 1. The molecule has 6 heteroatoms. The first kappa shape index (κ1) is 15.3. The van der Waals surface area contributed by atoms with E-state index in [1.807, 2.05) is 4.90 Å². The topological polar surface area (TPSA) is 99.6 Å². The van der Waals surface area contributed by atoms with Crippen LogP contribution in [-0.4, -0.2) is 47.8 Å². The van der Waals surface area contributed by atoms with Crippen LogP contribution in [0.25, 0.3) is 0 Å². The molecule has 1 aromatic carbocycles. The van der Waals surface area contributed by atoms with Crippen molar-refractivity contribution in [3.63, 3.8) is 0 Å².